The molecular formula is C15H11NOS. The van der Waals surface area contributed by atoms with E-state index in [4.69, 9.17) is 5.41 Å². The van der Waals surface area contributed by atoms with Gasteiger partial charge in [0.15, 0.2) is 0 Å². The van der Waals surface area contributed by atoms with Crippen molar-refractivity contribution in [3.63, 3.8) is 0 Å². The van der Waals surface area contributed by atoms with Gasteiger partial charge < -0.3 is 5.41 Å². The van der Waals surface area contributed by atoms with E-state index in [1.165, 1.54) is 0 Å². The van der Waals surface area contributed by atoms with Gasteiger partial charge in [-0.1, -0.05) is 42.5 Å². The first-order valence-corrected chi connectivity index (χ1v) is 6.78. The predicted molar refractivity (Wildman–Crippen MR) is 75.6 cm³/mol. The second-order valence-electron chi connectivity index (χ2n) is 4.08. The number of benzene rings is 1. The van der Waals surface area contributed by atoms with Crippen molar-refractivity contribution in [3.8, 4) is 0 Å². The molecule has 1 unspecified atom stereocenters. The molecule has 0 amide bonds. The van der Waals surface area contributed by atoms with E-state index >= 15 is 0 Å². The van der Waals surface area contributed by atoms with Gasteiger partial charge in [0.05, 0.1) is 26.3 Å². The van der Waals surface area contributed by atoms with Crippen LogP contribution in [0.2, 0.25) is 0 Å². The van der Waals surface area contributed by atoms with Crippen LogP contribution in [-0.2, 0) is 10.8 Å². The van der Waals surface area contributed by atoms with Crippen molar-refractivity contribution in [1.29, 1.82) is 5.41 Å². The number of allylic oxidation sites excluding steroid dienone is 6. The molecule has 0 radical (unpaired) electrons. The lowest BCUT2D eigenvalue weighted by Gasteiger charge is -2.18. The molecule has 1 atom stereocenters. The van der Waals surface area contributed by atoms with Crippen LogP contribution >= 0.6 is 0 Å². The Bertz CT molecular complexity index is 663. The molecule has 0 fully saturated rings. The molecule has 1 aliphatic carbocycles. The van der Waals surface area contributed by atoms with E-state index in [1.807, 2.05) is 48.6 Å². The highest BCUT2D eigenvalue weighted by molar-refractivity contribution is 7.98. The summed E-state index contributed by atoms with van der Waals surface area (Å²) in [6, 6.07) is 9.71. The highest BCUT2D eigenvalue weighted by Crippen LogP contribution is 2.33. The summed E-state index contributed by atoms with van der Waals surface area (Å²) in [5.74, 6) is 0. The van der Waals surface area contributed by atoms with Crippen LogP contribution in [0.15, 0.2) is 71.2 Å². The van der Waals surface area contributed by atoms with Gasteiger partial charge in [-0.2, -0.15) is 0 Å². The fourth-order valence-electron chi connectivity index (χ4n) is 1.98. The maximum Gasteiger partial charge on any atom is 0.0862 e. The minimum absolute atomic E-state index is 0.393. The molecule has 1 aliphatic heterocycles. The Balaban J connectivity index is 2.10. The summed E-state index contributed by atoms with van der Waals surface area (Å²) < 4.78 is 12.5. The van der Waals surface area contributed by atoms with Crippen molar-refractivity contribution in [3.05, 3.63) is 76.8 Å². The first-order valence-electron chi connectivity index (χ1n) is 5.63. The van der Waals surface area contributed by atoms with Gasteiger partial charge in [-0.25, -0.2) is 4.21 Å². The van der Waals surface area contributed by atoms with Gasteiger partial charge in [-0.3, -0.25) is 0 Å². The van der Waals surface area contributed by atoms with Crippen LogP contribution in [0, 0.1) is 5.41 Å². The van der Waals surface area contributed by atoms with Gasteiger partial charge in [0, 0.05) is 0 Å². The minimum Gasteiger partial charge on any atom is -0.301 e. The summed E-state index contributed by atoms with van der Waals surface area (Å²) in [6.07, 6.45) is 9.09. The van der Waals surface area contributed by atoms with Crippen LogP contribution in [0.3, 0.4) is 0 Å². The smallest absolute Gasteiger partial charge is 0.0862 e. The summed E-state index contributed by atoms with van der Waals surface area (Å²) in [7, 11) is -1.20. The highest BCUT2D eigenvalue weighted by Gasteiger charge is 2.22. The van der Waals surface area contributed by atoms with Crippen molar-refractivity contribution in [2.75, 3.05) is 0 Å². The molecule has 1 aromatic rings. The summed E-state index contributed by atoms with van der Waals surface area (Å²) in [5, 5.41) is 7.63. The zero-order valence-electron chi connectivity index (χ0n) is 9.59. The summed E-state index contributed by atoms with van der Waals surface area (Å²) >= 11 is 0. The van der Waals surface area contributed by atoms with Gasteiger partial charge in [0.2, 0.25) is 0 Å². The zero-order valence-corrected chi connectivity index (χ0v) is 10.4. The molecule has 88 valence electrons. The maximum absolute atomic E-state index is 12.5. The third-order valence-electron chi connectivity index (χ3n) is 2.89. The molecule has 2 aliphatic rings. The molecule has 0 spiro atoms. The molecule has 1 heterocycles. The predicted octanol–water partition coefficient (Wildman–Crippen LogP) is 3.19. The first kappa shape index (κ1) is 11.1. The monoisotopic (exact) mass is 253 g/mol. The van der Waals surface area contributed by atoms with E-state index in [0.717, 1.165) is 20.9 Å². The zero-order chi connectivity index (χ0) is 12.5. The fraction of sp³-hybridized carbons (Fsp3) is 0. The number of fused-ring (bicyclic) bond motifs is 1. The second-order valence-corrected chi connectivity index (χ2v) is 5.50. The summed E-state index contributed by atoms with van der Waals surface area (Å²) in [5.41, 5.74) is 2.29. The molecule has 0 aromatic heterocycles. The SMILES string of the molecule is N=C1C=CC2=CC=C(c3ccccc3)S(=O)C2=C1. The third-order valence-corrected chi connectivity index (χ3v) is 4.41. The number of nitrogens with one attached hydrogen (secondary N) is 1. The lowest BCUT2D eigenvalue weighted by Crippen LogP contribution is -2.09. The van der Waals surface area contributed by atoms with Gasteiger partial charge in [0.25, 0.3) is 0 Å². The van der Waals surface area contributed by atoms with E-state index in [2.05, 4.69) is 0 Å². The van der Waals surface area contributed by atoms with Crippen LogP contribution in [0.1, 0.15) is 5.56 Å². The molecule has 0 saturated carbocycles. The molecule has 2 nitrogen and oxygen atoms in total. The average molecular weight is 253 g/mol. The van der Waals surface area contributed by atoms with E-state index in [1.54, 1.807) is 12.2 Å². The van der Waals surface area contributed by atoms with Gasteiger partial charge >= 0.3 is 0 Å². The topological polar surface area (TPSA) is 40.9 Å². The molecule has 1 N–H and O–H groups in total. The Morgan fingerprint density at radius 1 is 0.944 bits per heavy atom. The lowest BCUT2D eigenvalue weighted by atomic mass is 10.1. The van der Waals surface area contributed by atoms with E-state index < -0.39 is 10.8 Å². The molecule has 0 bridgehead atoms. The van der Waals surface area contributed by atoms with Crippen molar-refractivity contribution in [1.82, 2.24) is 0 Å². The largest absolute Gasteiger partial charge is 0.301 e. The summed E-state index contributed by atoms with van der Waals surface area (Å²) in [6.45, 7) is 0. The molecule has 3 rings (SSSR count). The standard InChI is InChI=1S/C15H11NOS/c16-13-8-6-12-7-9-14(18(17)15(12)10-13)11-4-2-1-3-5-11/h1-10,16H. The van der Waals surface area contributed by atoms with Crippen molar-refractivity contribution in [2.45, 2.75) is 0 Å². The van der Waals surface area contributed by atoms with Crippen LogP contribution in [0.25, 0.3) is 4.91 Å². The summed E-state index contributed by atoms with van der Waals surface area (Å²) in [4.78, 5) is 1.53. The first-order chi connectivity index (χ1) is 8.75. The Labute approximate surface area is 108 Å². The van der Waals surface area contributed by atoms with Crippen LogP contribution in [-0.4, -0.2) is 9.92 Å². The van der Waals surface area contributed by atoms with Gasteiger partial charge in [-0.05, 0) is 29.4 Å². The molecule has 18 heavy (non-hydrogen) atoms. The van der Waals surface area contributed by atoms with Crippen molar-refractivity contribution < 1.29 is 4.21 Å². The van der Waals surface area contributed by atoms with Crippen LogP contribution < -0.4 is 0 Å². The Kier molecular flexibility index (Phi) is 2.68. The highest BCUT2D eigenvalue weighted by atomic mass is 32.2. The normalized spacial score (nSPS) is 21.9. The second kappa shape index (κ2) is 4.35. The molecular weight excluding hydrogens is 242 g/mol. The number of hydrogen-bond donors (Lipinski definition) is 1. The van der Waals surface area contributed by atoms with E-state index in [0.29, 0.717) is 5.71 Å². The number of hydrogen-bond acceptors (Lipinski definition) is 2. The lowest BCUT2D eigenvalue weighted by molar-refractivity contribution is 0.692. The minimum atomic E-state index is -1.20. The number of rotatable bonds is 1. The van der Waals surface area contributed by atoms with Crippen LogP contribution in [0.4, 0.5) is 0 Å². The Morgan fingerprint density at radius 2 is 1.72 bits per heavy atom. The van der Waals surface area contributed by atoms with Crippen molar-refractivity contribution in [2.24, 2.45) is 0 Å². The molecule has 0 saturated heterocycles. The molecule has 1 aromatic carbocycles. The quantitative estimate of drug-likeness (QED) is 0.820. The Morgan fingerprint density at radius 3 is 2.50 bits per heavy atom. The van der Waals surface area contributed by atoms with Crippen LogP contribution in [0.5, 0.6) is 0 Å². The van der Waals surface area contributed by atoms with E-state index in [-0.39, 0.29) is 0 Å². The third kappa shape index (κ3) is 1.83. The van der Waals surface area contributed by atoms with Gasteiger partial charge in [-0.15, -0.1) is 0 Å². The fourth-order valence-corrected chi connectivity index (χ4v) is 3.35. The van der Waals surface area contributed by atoms with Crippen molar-refractivity contribution >= 4 is 21.4 Å². The van der Waals surface area contributed by atoms with E-state index in [9.17, 15) is 4.21 Å². The Hall–Kier alpha value is -2.00. The molecule has 3 heteroatoms. The average Bonchev–Trinajstić information content (AvgIpc) is 2.41. The maximum atomic E-state index is 12.5. The van der Waals surface area contributed by atoms with Gasteiger partial charge in [0.1, 0.15) is 0 Å².